The van der Waals surface area contributed by atoms with Gasteiger partial charge in [-0.25, -0.2) is 9.97 Å². The Bertz CT molecular complexity index is 698. The first-order valence-corrected chi connectivity index (χ1v) is 8.41. The number of amides is 1. The van der Waals surface area contributed by atoms with E-state index in [1.165, 1.54) is 0 Å². The summed E-state index contributed by atoms with van der Waals surface area (Å²) in [7, 11) is 0. The van der Waals surface area contributed by atoms with Gasteiger partial charge >= 0.3 is 0 Å². The van der Waals surface area contributed by atoms with Gasteiger partial charge in [0.05, 0.1) is 0 Å². The van der Waals surface area contributed by atoms with E-state index in [0.29, 0.717) is 16.7 Å². The summed E-state index contributed by atoms with van der Waals surface area (Å²) >= 11 is 5.84. The topological polar surface area (TPSA) is 61.4 Å². The predicted molar refractivity (Wildman–Crippen MR) is 94.8 cm³/mol. The minimum absolute atomic E-state index is 0.0799. The van der Waals surface area contributed by atoms with Crippen molar-refractivity contribution in [1.82, 2.24) is 19.8 Å². The van der Waals surface area contributed by atoms with Crippen LogP contribution in [0.2, 0.25) is 5.15 Å². The highest BCUT2D eigenvalue weighted by Crippen LogP contribution is 2.16. The number of nitrogens with one attached hydrogen (secondary N) is 1. The van der Waals surface area contributed by atoms with Gasteiger partial charge in [0.15, 0.2) is 0 Å². The van der Waals surface area contributed by atoms with Crippen molar-refractivity contribution in [2.45, 2.75) is 6.92 Å². The van der Waals surface area contributed by atoms with E-state index in [9.17, 15) is 4.79 Å². The van der Waals surface area contributed by atoms with Crippen LogP contribution in [-0.4, -0.2) is 58.4 Å². The largest absolute Gasteiger partial charge is 0.336 e. The van der Waals surface area contributed by atoms with Crippen molar-refractivity contribution in [3.8, 4) is 0 Å². The second-order valence-electron chi connectivity index (χ2n) is 5.63. The fourth-order valence-corrected chi connectivity index (χ4v) is 2.81. The highest BCUT2D eigenvalue weighted by Gasteiger charge is 2.21. The van der Waals surface area contributed by atoms with Crippen molar-refractivity contribution >= 4 is 29.1 Å². The number of hydrogen-bond donors (Lipinski definition) is 1. The molecule has 0 radical (unpaired) electrons. The molecule has 1 aliphatic rings. The molecule has 0 spiro atoms. The van der Waals surface area contributed by atoms with Crippen LogP contribution in [0.3, 0.4) is 0 Å². The molecule has 1 saturated heterocycles. The van der Waals surface area contributed by atoms with E-state index in [1.54, 1.807) is 12.3 Å². The van der Waals surface area contributed by atoms with E-state index >= 15 is 0 Å². The summed E-state index contributed by atoms with van der Waals surface area (Å²) in [5.41, 5.74) is 1.50. The van der Waals surface area contributed by atoms with Gasteiger partial charge in [0.2, 0.25) is 5.95 Å². The van der Waals surface area contributed by atoms with Crippen LogP contribution < -0.4 is 5.32 Å². The Hall–Kier alpha value is -2.18. The third-order valence-corrected chi connectivity index (χ3v) is 4.33. The summed E-state index contributed by atoms with van der Waals surface area (Å²) in [5.74, 6) is 0.508. The molecule has 0 unspecified atom stereocenters. The van der Waals surface area contributed by atoms with E-state index in [-0.39, 0.29) is 5.91 Å². The smallest absolute Gasteiger partial charge is 0.253 e. The van der Waals surface area contributed by atoms with E-state index in [0.717, 1.165) is 38.4 Å². The van der Waals surface area contributed by atoms with Gasteiger partial charge < -0.3 is 15.1 Å². The molecule has 1 amide bonds. The molecule has 126 valence electrons. The molecule has 24 heavy (non-hydrogen) atoms. The molecule has 0 atom stereocenters. The number of benzene rings is 1. The highest BCUT2D eigenvalue weighted by molar-refractivity contribution is 6.29. The van der Waals surface area contributed by atoms with E-state index in [1.807, 2.05) is 29.2 Å². The Morgan fingerprint density at radius 3 is 2.50 bits per heavy atom. The van der Waals surface area contributed by atoms with Crippen LogP contribution in [-0.2, 0) is 0 Å². The fraction of sp³-hybridized carbons (Fsp3) is 0.353. The molecule has 1 aromatic heterocycles. The van der Waals surface area contributed by atoms with Gasteiger partial charge in [-0.1, -0.05) is 18.5 Å². The molecule has 1 N–H and O–H groups in total. The van der Waals surface area contributed by atoms with Gasteiger partial charge in [-0.3, -0.25) is 4.79 Å². The molecule has 1 aromatic carbocycles. The summed E-state index contributed by atoms with van der Waals surface area (Å²) in [5, 5.41) is 3.45. The number of hydrogen-bond acceptors (Lipinski definition) is 5. The molecule has 1 aliphatic heterocycles. The predicted octanol–water partition coefficient (Wildman–Crippen LogP) is 2.65. The average molecular weight is 346 g/mol. The quantitative estimate of drug-likeness (QED) is 0.863. The van der Waals surface area contributed by atoms with Crippen LogP contribution in [0.1, 0.15) is 17.3 Å². The number of likely N-dealkylation sites (N-methyl/N-ethyl adjacent to an activating group) is 1. The molecule has 6 nitrogen and oxygen atoms in total. The van der Waals surface area contributed by atoms with Crippen LogP contribution in [0.15, 0.2) is 36.5 Å². The molecular weight excluding hydrogens is 326 g/mol. The lowest BCUT2D eigenvalue weighted by Crippen LogP contribution is -2.48. The van der Waals surface area contributed by atoms with Crippen molar-refractivity contribution in [2.75, 3.05) is 38.0 Å². The minimum Gasteiger partial charge on any atom is -0.336 e. The van der Waals surface area contributed by atoms with E-state index in [4.69, 9.17) is 11.6 Å². The second-order valence-corrected chi connectivity index (χ2v) is 6.02. The van der Waals surface area contributed by atoms with Gasteiger partial charge in [-0.15, -0.1) is 0 Å². The number of anilines is 2. The normalized spacial score (nSPS) is 15.3. The third-order valence-electron chi connectivity index (χ3n) is 4.12. The Morgan fingerprint density at radius 2 is 1.88 bits per heavy atom. The number of rotatable bonds is 4. The van der Waals surface area contributed by atoms with Crippen LogP contribution in [0.25, 0.3) is 0 Å². The number of carbonyl (C=O) groups excluding carboxylic acids is 1. The number of piperazine rings is 1. The van der Waals surface area contributed by atoms with E-state index < -0.39 is 0 Å². The van der Waals surface area contributed by atoms with Crippen molar-refractivity contribution < 1.29 is 4.79 Å². The van der Waals surface area contributed by atoms with Gasteiger partial charge in [0, 0.05) is 43.6 Å². The Balaban J connectivity index is 1.63. The van der Waals surface area contributed by atoms with Gasteiger partial charge in [0.25, 0.3) is 5.91 Å². The molecule has 0 aliphatic carbocycles. The fourth-order valence-electron chi connectivity index (χ4n) is 2.67. The number of nitrogens with zero attached hydrogens (tertiary/aromatic N) is 4. The lowest BCUT2D eigenvalue weighted by atomic mass is 10.1. The zero-order chi connectivity index (χ0) is 16.9. The number of carbonyl (C=O) groups is 1. The third kappa shape index (κ3) is 4.01. The van der Waals surface area contributed by atoms with Crippen molar-refractivity contribution in [3.05, 3.63) is 47.2 Å². The van der Waals surface area contributed by atoms with Crippen LogP contribution in [0.4, 0.5) is 11.6 Å². The van der Waals surface area contributed by atoms with Crippen molar-refractivity contribution in [3.63, 3.8) is 0 Å². The van der Waals surface area contributed by atoms with Crippen LogP contribution in [0.5, 0.6) is 0 Å². The Labute approximate surface area is 146 Å². The molecule has 7 heteroatoms. The maximum absolute atomic E-state index is 12.6. The SMILES string of the molecule is CCN1CCN(C(=O)c2ccc(Nc3nccc(Cl)n3)cc2)CC1. The molecular formula is C17H20ClN5O. The van der Waals surface area contributed by atoms with Crippen molar-refractivity contribution in [2.24, 2.45) is 0 Å². The first-order chi connectivity index (χ1) is 11.7. The lowest BCUT2D eigenvalue weighted by molar-refractivity contribution is 0.0643. The standard InChI is InChI=1S/C17H20ClN5O/c1-2-22-9-11-23(12-10-22)16(24)13-3-5-14(6-4-13)20-17-19-8-7-15(18)21-17/h3-8H,2,9-12H2,1H3,(H,19,20,21). The lowest BCUT2D eigenvalue weighted by Gasteiger charge is -2.34. The average Bonchev–Trinajstić information content (AvgIpc) is 2.62. The van der Waals surface area contributed by atoms with Gasteiger partial charge in [-0.2, -0.15) is 0 Å². The molecule has 2 aromatic rings. The van der Waals surface area contributed by atoms with Crippen molar-refractivity contribution in [1.29, 1.82) is 0 Å². The molecule has 2 heterocycles. The summed E-state index contributed by atoms with van der Waals surface area (Å²) in [6, 6.07) is 8.95. The number of halogens is 1. The maximum atomic E-state index is 12.6. The first-order valence-electron chi connectivity index (χ1n) is 8.03. The van der Waals surface area contributed by atoms with Crippen LogP contribution in [0, 0.1) is 0 Å². The second kappa shape index (κ2) is 7.59. The monoisotopic (exact) mass is 345 g/mol. The maximum Gasteiger partial charge on any atom is 0.253 e. The van der Waals surface area contributed by atoms with Crippen LogP contribution >= 0.6 is 11.6 Å². The summed E-state index contributed by atoms with van der Waals surface area (Å²) in [4.78, 5) is 25.0. The zero-order valence-corrected chi connectivity index (χ0v) is 14.3. The number of aromatic nitrogens is 2. The zero-order valence-electron chi connectivity index (χ0n) is 13.6. The highest BCUT2D eigenvalue weighted by atomic mass is 35.5. The summed E-state index contributed by atoms with van der Waals surface area (Å²) in [6.07, 6.45) is 1.59. The summed E-state index contributed by atoms with van der Waals surface area (Å²) < 4.78 is 0. The van der Waals surface area contributed by atoms with Gasteiger partial charge in [-0.05, 0) is 36.9 Å². The molecule has 0 saturated carbocycles. The molecule has 0 bridgehead atoms. The first kappa shape index (κ1) is 16.7. The molecule has 3 rings (SSSR count). The molecule has 1 fully saturated rings. The Morgan fingerprint density at radius 1 is 1.17 bits per heavy atom. The minimum atomic E-state index is 0.0799. The van der Waals surface area contributed by atoms with Gasteiger partial charge in [0.1, 0.15) is 5.15 Å². The summed E-state index contributed by atoms with van der Waals surface area (Å²) in [6.45, 7) is 6.62. The van der Waals surface area contributed by atoms with E-state index in [2.05, 4.69) is 27.1 Å². The Kier molecular flexibility index (Phi) is 5.27.